The molecule has 0 bridgehead atoms. The topological polar surface area (TPSA) is 99.1 Å². The Morgan fingerprint density at radius 3 is 2.54 bits per heavy atom. The number of amides is 1. The highest BCUT2D eigenvalue weighted by molar-refractivity contribution is 7.77. The largest absolute Gasteiger partial charge is 0.755 e. The molecule has 1 atom stereocenters. The van der Waals surface area contributed by atoms with E-state index in [0.717, 1.165) is 44.2 Å². The van der Waals surface area contributed by atoms with Crippen LogP contribution >= 0.6 is 0 Å². The van der Waals surface area contributed by atoms with Gasteiger partial charge in [-0.1, -0.05) is 6.07 Å². The zero-order valence-corrected chi connectivity index (χ0v) is 16.6. The van der Waals surface area contributed by atoms with Crippen molar-refractivity contribution in [2.24, 2.45) is 0 Å². The maximum atomic E-state index is 13.2. The van der Waals surface area contributed by atoms with Crippen molar-refractivity contribution in [3.05, 3.63) is 52.7 Å². The second-order valence-corrected chi connectivity index (χ2v) is 7.84. The van der Waals surface area contributed by atoms with Crippen molar-refractivity contribution in [1.29, 1.82) is 0 Å². The number of hydrogen-bond donors (Lipinski definition) is 2. The fourth-order valence-electron chi connectivity index (χ4n) is 4.30. The van der Waals surface area contributed by atoms with Crippen LogP contribution < -0.4 is 10.0 Å². The number of nitrogens with zero attached hydrogens (tertiary/aromatic N) is 2. The summed E-state index contributed by atoms with van der Waals surface area (Å²) in [4.78, 5) is 17.5. The normalized spacial score (nSPS) is 16.6. The van der Waals surface area contributed by atoms with Gasteiger partial charge in [-0.15, -0.1) is 0 Å². The van der Waals surface area contributed by atoms with E-state index in [1.165, 1.54) is 28.5 Å². The highest BCUT2D eigenvalue weighted by Gasteiger charge is 2.26. The average molecular weight is 399 g/mol. The summed E-state index contributed by atoms with van der Waals surface area (Å²) in [6.07, 6.45) is 10.8. The molecule has 1 aromatic carbocycles. The Morgan fingerprint density at radius 2 is 1.93 bits per heavy atom. The lowest BCUT2D eigenvalue weighted by molar-refractivity contribution is -0.111. The number of nitrogens with one attached hydrogen (secondary N) is 2. The standard InChI is InChI=1S/C20H24N4O3S/c1-2-24-10-9-21-19(24)17(12-22-28(26)27)20(25)23-18-15-7-3-5-13(15)11-14-6-4-8-16(14)18/h9-12,22H,2-8H2,1H3,(H,23,25)(H,26,27)/p-1/b17-12+. The van der Waals surface area contributed by atoms with Crippen LogP contribution in [-0.2, 0) is 48.3 Å². The number of fused-ring (bicyclic) bond motifs is 2. The molecule has 148 valence electrons. The van der Waals surface area contributed by atoms with Gasteiger partial charge in [-0.05, 0) is 67.7 Å². The minimum Gasteiger partial charge on any atom is -0.755 e. The van der Waals surface area contributed by atoms with E-state index in [-0.39, 0.29) is 11.5 Å². The summed E-state index contributed by atoms with van der Waals surface area (Å²) >= 11 is -2.51. The number of anilines is 1. The Hall–Kier alpha value is -2.45. The van der Waals surface area contributed by atoms with Crippen molar-refractivity contribution in [2.75, 3.05) is 5.32 Å². The molecule has 7 nitrogen and oxygen atoms in total. The van der Waals surface area contributed by atoms with Crippen molar-refractivity contribution in [1.82, 2.24) is 14.3 Å². The molecule has 0 fully saturated rings. The molecule has 0 spiro atoms. The Morgan fingerprint density at radius 1 is 1.25 bits per heavy atom. The molecule has 2 N–H and O–H groups in total. The second-order valence-electron chi connectivity index (χ2n) is 7.14. The number of aromatic nitrogens is 2. The lowest BCUT2D eigenvalue weighted by Crippen LogP contribution is -2.21. The van der Waals surface area contributed by atoms with Crippen molar-refractivity contribution in [3.8, 4) is 0 Å². The van der Waals surface area contributed by atoms with E-state index < -0.39 is 11.3 Å². The lowest BCUT2D eigenvalue weighted by atomic mass is 9.98. The lowest BCUT2D eigenvalue weighted by Gasteiger charge is -2.17. The first-order chi connectivity index (χ1) is 13.6. The van der Waals surface area contributed by atoms with Gasteiger partial charge in [-0.25, -0.2) is 4.98 Å². The average Bonchev–Trinajstić information content (AvgIpc) is 3.41. The van der Waals surface area contributed by atoms with Gasteiger partial charge in [0.2, 0.25) is 0 Å². The zero-order chi connectivity index (χ0) is 19.7. The summed E-state index contributed by atoms with van der Waals surface area (Å²) in [6.45, 7) is 2.56. The summed E-state index contributed by atoms with van der Waals surface area (Å²) in [5.74, 6) is 0.0791. The highest BCUT2D eigenvalue weighted by atomic mass is 32.2. The summed E-state index contributed by atoms with van der Waals surface area (Å²) in [5, 5.41) is 3.10. The van der Waals surface area contributed by atoms with Crippen LogP contribution in [-0.4, -0.2) is 24.2 Å². The van der Waals surface area contributed by atoms with Crippen LogP contribution in [0.2, 0.25) is 0 Å². The smallest absolute Gasteiger partial charge is 0.260 e. The number of benzene rings is 1. The quantitative estimate of drug-likeness (QED) is 0.575. The van der Waals surface area contributed by atoms with Crippen molar-refractivity contribution < 1.29 is 13.6 Å². The summed E-state index contributed by atoms with van der Waals surface area (Å²) < 4.78 is 26.0. The molecule has 8 heteroatoms. The molecule has 2 aliphatic rings. The summed E-state index contributed by atoms with van der Waals surface area (Å²) in [7, 11) is 0. The van der Waals surface area contributed by atoms with Crippen LogP contribution in [0.25, 0.3) is 5.57 Å². The van der Waals surface area contributed by atoms with Crippen LogP contribution in [0.1, 0.15) is 47.8 Å². The highest BCUT2D eigenvalue weighted by Crippen LogP contribution is 2.39. The first kappa shape index (κ1) is 18.9. The zero-order valence-electron chi connectivity index (χ0n) is 15.8. The van der Waals surface area contributed by atoms with Gasteiger partial charge < -0.3 is 19.2 Å². The number of rotatable bonds is 6. The fraction of sp³-hybridized carbons (Fsp3) is 0.400. The molecule has 0 saturated carbocycles. The van der Waals surface area contributed by atoms with Crippen LogP contribution in [0.5, 0.6) is 0 Å². The SMILES string of the molecule is CCn1ccnc1/C(=C\NS(=O)[O-])C(=O)Nc1c2c(cc3c1CCC3)CCC2. The van der Waals surface area contributed by atoms with E-state index in [1.807, 2.05) is 6.92 Å². The third-order valence-electron chi connectivity index (χ3n) is 5.55. The maximum absolute atomic E-state index is 13.2. The molecule has 4 rings (SSSR count). The monoisotopic (exact) mass is 399 g/mol. The Kier molecular flexibility index (Phi) is 5.32. The van der Waals surface area contributed by atoms with E-state index in [1.54, 1.807) is 17.0 Å². The van der Waals surface area contributed by atoms with Crippen LogP contribution in [0.3, 0.4) is 0 Å². The number of hydrogen-bond acceptors (Lipinski definition) is 4. The van der Waals surface area contributed by atoms with Gasteiger partial charge in [0.25, 0.3) is 5.91 Å². The summed E-state index contributed by atoms with van der Waals surface area (Å²) in [6, 6.07) is 2.31. The van der Waals surface area contributed by atoms with Gasteiger partial charge in [0.15, 0.2) is 0 Å². The number of aryl methyl sites for hydroxylation is 3. The van der Waals surface area contributed by atoms with Gasteiger partial charge in [0, 0.05) is 42.1 Å². The number of carbonyl (C=O) groups excluding carboxylic acids is 1. The van der Waals surface area contributed by atoms with Gasteiger partial charge in [-0.2, -0.15) is 0 Å². The molecule has 2 aromatic rings. The molecule has 2 aliphatic carbocycles. The molecule has 0 radical (unpaired) electrons. The fourth-order valence-corrected chi connectivity index (χ4v) is 4.51. The molecule has 1 amide bonds. The molecule has 0 aliphatic heterocycles. The minimum absolute atomic E-state index is 0.193. The predicted octanol–water partition coefficient (Wildman–Crippen LogP) is 2.24. The number of imidazole rings is 1. The summed E-state index contributed by atoms with van der Waals surface area (Å²) in [5.41, 5.74) is 6.24. The third-order valence-corrected chi connectivity index (χ3v) is 5.86. The Labute approximate surface area is 166 Å². The predicted molar refractivity (Wildman–Crippen MR) is 107 cm³/mol. The molecule has 1 aromatic heterocycles. The molecular formula is C20H23N4O3S-. The van der Waals surface area contributed by atoms with E-state index in [0.29, 0.717) is 12.4 Å². The molecule has 1 heterocycles. The molecular weight excluding hydrogens is 376 g/mol. The molecule has 1 unspecified atom stereocenters. The first-order valence-corrected chi connectivity index (χ1v) is 10.7. The van der Waals surface area contributed by atoms with Crippen molar-refractivity contribution >= 4 is 28.4 Å². The minimum atomic E-state index is -2.51. The van der Waals surface area contributed by atoms with Gasteiger partial charge in [-0.3, -0.25) is 9.00 Å². The van der Waals surface area contributed by atoms with Crippen LogP contribution in [0.4, 0.5) is 5.69 Å². The third kappa shape index (κ3) is 3.49. The van der Waals surface area contributed by atoms with Gasteiger partial charge >= 0.3 is 0 Å². The second kappa shape index (κ2) is 7.89. The van der Waals surface area contributed by atoms with Gasteiger partial charge in [0.1, 0.15) is 5.82 Å². The molecule has 0 saturated heterocycles. The first-order valence-electron chi connectivity index (χ1n) is 9.63. The molecule has 28 heavy (non-hydrogen) atoms. The van der Waals surface area contributed by atoms with Crippen molar-refractivity contribution in [3.63, 3.8) is 0 Å². The van der Waals surface area contributed by atoms with E-state index in [2.05, 4.69) is 21.1 Å². The van der Waals surface area contributed by atoms with Crippen molar-refractivity contribution in [2.45, 2.75) is 52.0 Å². The van der Waals surface area contributed by atoms with Gasteiger partial charge in [0.05, 0.1) is 5.57 Å². The Balaban J connectivity index is 1.72. The van der Waals surface area contributed by atoms with E-state index in [9.17, 15) is 13.6 Å². The number of carbonyl (C=O) groups is 1. The van der Waals surface area contributed by atoms with E-state index in [4.69, 9.17) is 0 Å². The maximum Gasteiger partial charge on any atom is 0.260 e. The Bertz CT molecular complexity index is 948. The van der Waals surface area contributed by atoms with Crippen LogP contribution in [0.15, 0.2) is 24.7 Å². The van der Waals surface area contributed by atoms with E-state index >= 15 is 0 Å². The van der Waals surface area contributed by atoms with Crippen LogP contribution in [0, 0.1) is 0 Å².